The summed E-state index contributed by atoms with van der Waals surface area (Å²) >= 11 is 1.93. The third-order valence-electron chi connectivity index (χ3n) is 4.27. The normalized spacial score (nSPS) is 14.3. The maximum Gasteiger partial charge on any atom is 0.256 e. The summed E-state index contributed by atoms with van der Waals surface area (Å²) in [6.07, 6.45) is 4.41. The first-order valence-corrected chi connectivity index (χ1v) is 9.28. The molecule has 1 aliphatic carbocycles. The fraction of sp³-hybridized carbons (Fsp3) is 0.263. The maximum atomic E-state index is 13.1. The van der Waals surface area contributed by atoms with Crippen LogP contribution in [0, 0.1) is 9.39 Å². The summed E-state index contributed by atoms with van der Waals surface area (Å²) in [5.74, 6) is -0.774. The maximum absolute atomic E-state index is 13.1. The number of carbonyl (C=O) groups excluding carboxylic acids is 2. The molecule has 0 aromatic heterocycles. The van der Waals surface area contributed by atoms with E-state index in [1.807, 2.05) is 22.6 Å². The average molecular weight is 452 g/mol. The van der Waals surface area contributed by atoms with Gasteiger partial charge in [-0.3, -0.25) is 9.59 Å². The second-order valence-corrected chi connectivity index (χ2v) is 7.27. The topological polar surface area (TPSA) is 58.2 Å². The van der Waals surface area contributed by atoms with Crippen molar-refractivity contribution in [1.82, 2.24) is 5.32 Å². The fourth-order valence-electron chi connectivity index (χ4n) is 2.92. The van der Waals surface area contributed by atoms with Crippen LogP contribution in [-0.2, 0) is 0 Å². The molecular weight excluding hydrogens is 434 g/mol. The molecule has 2 aromatic carbocycles. The SMILES string of the molecule is O=C(NC1CCCC1)c1ccc(NC(=O)c2ccc(F)cc2I)cc1. The lowest BCUT2D eigenvalue weighted by atomic mass is 10.1. The Morgan fingerprint density at radius 2 is 1.68 bits per heavy atom. The van der Waals surface area contributed by atoms with Gasteiger partial charge in [-0.25, -0.2) is 4.39 Å². The van der Waals surface area contributed by atoms with Gasteiger partial charge in [-0.2, -0.15) is 0 Å². The number of hydrogen-bond donors (Lipinski definition) is 2. The molecule has 4 nitrogen and oxygen atoms in total. The van der Waals surface area contributed by atoms with Crippen LogP contribution in [0.3, 0.4) is 0 Å². The smallest absolute Gasteiger partial charge is 0.256 e. The van der Waals surface area contributed by atoms with Crippen LogP contribution in [0.4, 0.5) is 10.1 Å². The highest BCUT2D eigenvalue weighted by Crippen LogP contribution is 2.19. The van der Waals surface area contributed by atoms with Crippen LogP contribution in [0.25, 0.3) is 0 Å². The minimum absolute atomic E-state index is 0.0853. The molecule has 2 N–H and O–H groups in total. The van der Waals surface area contributed by atoms with Gasteiger partial charge in [-0.15, -0.1) is 0 Å². The van der Waals surface area contributed by atoms with Gasteiger partial charge in [0.25, 0.3) is 11.8 Å². The molecule has 0 bridgehead atoms. The number of halogens is 2. The lowest BCUT2D eigenvalue weighted by Crippen LogP contribution is -2.32. The predicted octanol–water partition coefficient (Wildman–Crippen LogP) is 4.36. The Labute approximate surface area is 159 Å². The quantitative estimate of drug-likeness (QED) is 0.678. The molecule has 1 fully saturated rings. The van der Waals surface area contributed by atoms with E-state index in [-0.39, 0.29) is 23.7 Å². The highest BCUT2D eigenvalue weighted by atomic mass is 127. The number of benzene rings is 2. The summed E-state index contributed by atoms with van der Waals surface area (Å²) in [4.78, 5) is 24.5. The molecule has 1 saturated carbocycles. The summed E-state index contributed by atoms with van der Waals surface area (Å²) in [5, 5.41) is 5.79. The van der Waals surface area contributed by atoms with Crippen molar-refractivity contribution in [3.05, 3.63) is 63.0 Å². The first-order chi connectivity index (χ1) is 12.0. The van der Waals surface area contributed by atoms with Crippen LogP contribution in [0.2, 0.25) is 0 Å². The van der Waals surface area contributed by atoms with Crippen LogP contribution < -0.4 is 10.6 Å². The first kappa shape index (κ1) is 17.8. The standard InChI is InChI=1S/C19H18FIN2O2/c20-13-7-10-16(17(21)11-13)19(25)23-15-8-5-12(6-9-15)18(24)22-14-3-1-2-4-14/h5-11,14H,1-4H2,(H,22,24)(H,23,25). The van der Waals surface area contributed by atoms with Gasteiger partial charge in [0.1, 0.15) is 5.82 Å². The lowest BCUT2D eigenvalue weighted by Gasteiger charge is -2.12. The summed E-state index contributed by atoms with van der Waals surface area (Å²) in [7, 11) is 0. The van der Waals surface area contributed by atoms with E-state index in [9.17, 15) is 14.0 Å². The molecule has 25 heavy (non-hydrogen) atoms. The van der Waals surface area contributed by atoms with E-state index in [0.29, 0.717) is 20.4 Å². The zero-order chi connectivity index (χ0) is 17.8. The van der Waals surface area contributed by atoms with E-state index >= 15 is 0 Å². The van der Waals surface area contributed by atoms with Crippen LogP contribution >= 0.6 is 22.6 Å². The van der Waals surface area contributed by atoms with Gasteiger partial charge in [-0.05, 0) is 77.9 Å². The molecular formula is C19H18FIN2O2. The van der Waals surface area contributed by atoms with Gasteiger partial charge in [-0.1, -0.05) is 12.8 Å². The molecule has 1 aliphatic rings. The summed E-state index contributed by atoms with van der Waals surface area (Å²) in [5.41, 5.74) is 1.56. The Bertz CT molecular complexity index is 787. The Morgan fingerprint density at radius 1 is 1.00 bits per heavy atom. The van der Waals surface area contributed by atoms with Crippen molar-refractivity contribution in [3.8, 4) is 0 Å². The van der Waals surface area contributed by atoms with Crippen molar-refractivity contribution >= 4 is 40.1 Å². The van der Waals surface area contributed by atoms with Gasteiger partial charge in [0.15, 0.2) is 0 Å². The van der Waals surface area contributed by atoms with Gasteiger partial charge >= 0.3 is 0 Å². The average Bonchev–Trinajstić information content (AvgIpc) is 3.08. The molecule has 0 radical (unpaired) electrons. The third-order valence-corrected chi connectivity index (χ3v) is 5.16. The minimum Gasteiger partial charge on any atom is -0.349 e. The molecule has 0 saturated heterocycles. The Morgan fingerprint density at radius 3 is 2.32 bits per heavy atom. The number of amides is 2. The number of rotatable bonds is 4. The van der Waals surface area contributed by atoms with E-state index < -0.39 is 0 Å². The van der Waals surface area contributed by atoms with Crippen molar-refractivity contribution in [2.45, 2.75) is 31.7 Å². The zero-order valence-electron chi connectivity index (χ0n) is 13.5. The monoisotopic (exact) mass is 452 g/mol. The van der Waals surface area contributed by atoms with Crippen LogP contribution in [0.5, 0.6) is 0 Å². The predicted molar refractivity (Wildman–Crippen MR) is 103 cm³/mol. The number of nitrogens with one attached hydrogen (secondary N) is 2. The zero-order valence-corrected chi connectivity index (χ0v) is 15.7. The number of carbonyl (C=O) groups is 2. The third kappa shape index (κ3) is 4.56. The van der Waals surface area contributed by atoms with Gasteiger partial charge in [0.2, 0.25) is 0 Å². The van der Waals surface area contributed by atoms with Gasteiger partial charge in [0.05, 0.1) is 5.56 Å². The highest BCUT2D eigenvalue weighted by Gasteiger charge is 2.18. The van der Waals surface area contributed by atoms with Crippen molar-refractivity contribution in [1.29, 1.82) is 0 Å². The van der Waals surface area contributed by atoms with Gasteiger partial charge in [0, 0.05) is 20.9 Å². The van der Waals surface area contributed by atoms with Crippen LogP contribution in [-0.4, -0.2) is 17.9 Å². The van der Waals surface area contributed by atoms with E-state index in [0.717, 1.165) is 25.7 Å². The van der Waals surface area contributed by atoms with E-state index in [1.165, 1.54) is 18.2 Å². The minimum atomic E-state index is -0.376. The summed E-state index contributed by atoms with van der Waals surface area (Å²) in [6.45, 7) is 0. The largest absolute Gasteiger partial charge is 0.349 e. The molecule has 0 spiro atoms. The molecule has 3 rings (SSSR count). The van der Waals surface area contributed by atoms with Crippen LogP contribution in [0.1, 0.15) is 46.4 Å². The first-order valence-electron chi connectivity index (χ1n) is 8.20. The second-order valence-electron chi connectivity index (χ2n) is 6.11. The lowest BCUT2D eigenvalue weighted by molar-refractivity contribution is 0.0937. The van der Waals surface area contributed by atoms with E-state index in [2.05, 4.69) is 10.6 Å². The molecule has 2 amide bonds. The molecule has 0 heterocycles. The van der Waals surface area contributed by atoms with Crippen molar-refractivity contribution in [2.75, 3.05) is 5.32 Å². The number of hydrogen-bond acceptors (Lipinski definition) is 2. The Kier molecular flexibility index (Phi) is 5.67. The van der Waals surface area contributed by atoms with Crippen LogP contribution in [0.15, 0.2) is 42.5 Å². The molecule has 130 valence electrons. The molecule has 0 atom stereocenters. The molecule has 0 aliphatic heterocycles. The summed E-state index contributed by atoms with van der Waals surface area (Å²) < 4.78 is 13.7. The highest BCUT2D eigenvalue weighted by molar-refractivity contribution is 14.1. The molecule has 0 unspecified atom stereocenters. The molecule has 6 heteroatoms. The summed E-state index contributed by atoms with van der Waals surface area (Å²) in [6, 6.07) is 11.1. The van der Waals surface area contributed by atoms with Crippen molar-refractivity contribution in [2.24, 2.45) is 0 Å². The number of anilines is 1. The van der Waals surface area contributed by atoms with E-state index in [4.69, 9.17) is 0 Å². The molecule has 2 aromatic rings. The fourth-order valence-corrected chi connectivity index (χ4v) is 3.64. The Balaban J connectivity index is 1.63. The van der Waals surface area contributed by atoms with E-state index in [1.54, 1.807) is 24.3 Å². The van der Waals surface area contributed by atoms with Gasteiger partial charge < -0.3 is 10.6 Å². The van der Waals surface area contributed by atoms with Crippen molar-refractivity contribution < 1.29 is 14.0 Å². The van der Waals surface area contributed by atoms with Crippen molar-refractivity contribution in [3.63, 3.8) is 0 Å². The second kappa shape index (κ2) is 7.95. The Hall–Kier alpha value is -1.96.